The first-order valence-electron chi connectivity index (χ1n) is 8.33. The summed E-state index contributed by atoms with van der Waals surface area (Å²) in [6.07, 6.45) is 8.30. The zero-order valence-corrected chi connectivity index (χ0v) is 15.3. The first-order chi connectivity index (χ1) is 10.9. The van der Waals surface area contributed by atoms with Crippen molar-refractivity contribution in [2.75, 3.05) is 21.1 Å². The standard InChI is InChI=1S/C9H18.C6H9NO4.C2H7N/c1-8(2)9-6-4-3-5-7-9;1-7(11-5-9)6(10)3-2-4-8;1-3-2/h8-9H,3-7H2,1-2H3;4-5H,2-3H2,1H3;3H,1-2H3. The number of hydrogen-bond donors (Lipinski definition) is 1. The van der Waals surface area contributed by atoms with Gasteiger partial charge in [0, 0.05) is 19.9 Å². The average Bonchev–Trinajstić information content (AvgIpc) is 2.55. The lowest BCUT2D eigenvalue weighted by Crippen LogP contribution is -2.26. The summed E-state index contributed by atoms with van der Waals surface area (Å²) in [6.45, 7) is 4.87. The van der Waals surface area contributed by atoms with Crippen molar-refractivity contribution in [2.45, 2.75) is 58.8 Å². The van der Waals surface area contributed by atoms with Crippen molar-refractivity contribution in [2.24, 2.45) is 11.8 Å². The van der Waals surface area contributed by atoms with Crippen LogP contribution in [0.4, 0.5) is 0 Å². The molecule has 23 heavy (non-hydrogen) atoms. The van der Waals surface area contributed by atoms with Crippen LogP contribution in [-0.2, 0) is 19.2 Å². The van der Waals surface area contributed by atoms with E-state index in [9.17, 15) is 14.4 Å². The van der Waals surface area contributed by atoms with Gasteiger partial charge in [0.2, 0.25) is 0 Å². The molecule has 1 aliphatic carbocycles. The van der Waals surface area contributed by atoms with Crippen molar-refractivity contribution >= 4 is 18.7 Å². The van der Waals surface area contributed by atoms with Gasteiger partial charge in [-0.05, 0) is 25.9 Å². The molecular weight excluding hydrogens is 296 g/mol. The van der Waals surface area contributed by atoms with E-state index >= 15 is 0 Å². The quantitative estimate of drug-likeness (QED) is 0.598. The maximum Gasteiger partial charge on any atom is 0.320 e. The van der Waals surface area contributed by atoms with Crippen molar-refractivity contribution in [1.29, 1.82) is 0 Å². The van der Waals surface area contributed by atoms with Gasteiger partial charge in [-0.15, -0.1) is 0 Å². The molecule has 1 fully saturated rings. The summed E-state index contributed by atoms with van der Waals surface area (Å²) >= 11 is 0. The number of carbonyl (C=O) groups is 3. The lowest BCUT2D eigenvalue weighted by molar-refractivity contribution is -0.181. The monoisotopic (exact) mass is 330 g/mol. The van der Waals surface area contributed by atoms with Gasteiger partial charge in [-0.3, -0.25) is 9.59 Å². The second-order valence-electron chi connectivity index (χ2n) is 5.94. The van der Waals surface area contributed by atoms with E-state index in [4.69, 9.17) is 0 Å². The Kier molecular flexibility index (Phi) is 17.5. The third kappa shape index (κ3) is 15.2. The van der Waals surface area contributed by atoms with Gasteiger partial charge in [0.05, 0.1) is 0 Å². The number of amides is 1. The topological polar surface area (TPSA) is 75.7 Å². The summed E-state index contributed by atoms with van der Waals surface area (Å²) in [6, 6.07) is 0. The van der Waals surface area contributed by atoms with Crippen LogP contribution in [0.3, 0.4) is 0 Å². The van der Waals surface area contributed by atoms with Crippen LogP contribution < -0.4 is 5.32 Å². The maximum atomic E-state index is 10.8. The Hall–Kier alpha value is -1.43. The lowest BCUT2D eigenvalue weighted by Gasteiger charge is -2.24. The molecule has 6 nitrogen and oxygen atoms in total. The second-order valence-corrected chi connectivity index (χ2v) is 5.94. The molecular formula is C17H34N2O4. The van der Waals surface area contributed by atoms with Crippen molar-refractivity contribution in [3.63, 3.8) is 0 Å². The van der Waals surface area contributed by atoms with Gasteiger partial charge in [0.15, 0.2) is 0 Å². The number of hydrogen-bond acceptors (Lipinski definition) is 5. The number of nitrogens with zero attached hydrogens (tertiary/aromatic N) is 1. The molecule has 0 unspecified atom stereocenters. The van der Waals surface area contributed by atoms with Crippen molar-refractivity contribution < 1.29 is 19.2 Å². The maximum absolute atomic E-state index is 10.8. The smallest absolute Gasteiger partial charge is 0.320 e. The zero-order chi connectivity index (χ0) is 18.1. The van der Waals surface area contributed by atoms with E-state index < -0.39 is 5.91 Å². The van der Waals surface area contributed by atoms with E-state index in [0.717, 1.165) is 16.9 Å². The Morgan fingerprint density at radius 1 is 1.22 bits per heavy atom. The van der Waals surface area contributed by atoms with Crippen LogP contribution in [0.5, 0.6) is 0 Å². The SMILES string of the molecule is CC(C)C1CCCCC1.CN(OC=O)C(=O)CCC=O.CNC. The Morgan fingerprint density at radius 2 is 1.74 bits per heavy atom. The molecule has 1 N–H and O–H groups in total. The van der Waals surface area contributed by atoms with E-state index in [2.05, 4.69) is 24.0 Å². The van der Waals surface area contributed by atoms with Crippen LogP contribution in [0.25, 0.3) is 0 Å². The third-order valence-electron chi connectivity index (χ3n) is 3.62. The summed E-state index contributed by atoms with van der Waals surface area (Å²) < 4.78 is 0. The highest BCUT2D eigenvalue weighted by atomic mass is 16.7. The fraction of sp³-hybridized carbons (Fsp3) is 0.824. The van der Waals surface area contributed by atoms with E-state index in [0.29, 0.717) is 6.29 Å². The van der Waals surface area contributed by atoms with Gasteiger partial charge in [-0.25, -0.2) is 0 Å². The number of aldehydes is 1. The van der Waals surface area contributed by atoms with Crippen molar-refractivity contribution in [3.8, 4) is 0 Å². The van der Waals surface area contributed by atoms with Crippen LogP contribution in [0.15, 0.2) is 0 Å². The molecule has 0 heterocycles. The van der Waals surface area contributed by atoms with Gasteiger partial charge in [-0.2, -0.15) is 5.06 Å². The first kappa shape index (κ1) is 23.8. The van der Waals surface area contributed by atoms with E-state index in [-0.39, 0.29) is 19.3 Å². The normalized spacial score (nSPS) is 13.8. The summed E-state index contributed by atoms with van der Waals surface area (Å²) in [5, 5.41) is 3.54. The van der Waals surface area contributed by atoms with Gasteiger partial charge in [0.1, 0.15) is 6.29 Å². The molecule has 6 heteroatoms. The van der Waals surface area contributed by atoms with Crippen LogP contribution in [0.1, 0.15) is 58.8 Å². The zero-order valence-electron chi connectivity index (χ0n) is 15.3. The van der Waals surface area contributed by atoms with E-state index in [1.54, 1.807) is 0 Å². The van der Waals surface area contributed by atoms with Crippen LogP contribution in [0.2, 0.25) is 0 Å². The molecule has 1 aliphatic rings. The largest absolute Gasteiger partial charge is 0.342 e. The fourth-order valence-corrected chi connectivity index (χ4v) is 2.26. The Balaban J connectivity index is 0. The van der Waals surface area contributed by atoms with Gasteiger partial charge in [-0.1, -0.05) is 46.0 Å². The number of hydroxylamine groups is 2. The first-order valence-corrected chi connectivity index (χ1v) is 8.33. The Labute approximate surface area is 140 Å². The fourth-order valence-electron chi connectivity index (χ4n) is 2.26. The molecule has 1 saturated carbocycles. The van der Waals surface area contributed by atoms with Crippen molar-refractivity contribution in [3.05, 3.63) is 0 Å². The Morgan fingerprint density at radius 3 is 2.09 bits per heavy atom. The predicted molar refractivity (Wildman–Crippen MR) is 91.6 cm³/mol. The molecule has 1 rings (SSSR count). The highest BCUT2D eigenvalue weighted by Gasteiger charge is 2.15. The summed E-state index contributed by atoms with van der Waals surface area (Å²) in [7, 11) is 5.06. The summed E-state index contributed by atoms with van der Waals surface area (Å²) in [5.41, 5.74) is 0. The van der Waals surface area contributed by atoms with Gasteiger partial charge < -0.3 is 14.9 Å². The average molecular weight is 330 g/mol. The highest BCUT2D eigenvalue weighted by Crippen LogP contribution is 2.29. The number of nitrogens with one attached hydrogen (secondary N) is 1. The molecule has 0 aromatic carbocycles. The molecule has 0 bridgehead atoms. The minimum Gasteiger partial charge on any atom is -0.342 e. The minimum atomic E-state index is -0.399. The molecule has 0 aromatic rings. The van der Waals surface area contributed by atoms with Gasteiger partial charge >= 0.3 is 6.47 Å². The molecule has 1 amide bonds. The third-order valence-corrected chi connectivity index (χ3v) is 3.62. The molecule has 0 radical (unpaired) electrons. The molecule has 0 spiro atoms. The van der Waals surface area contributed by atoms with Crippen molar-refractivity contribution in [1.82, 2.24) is 10.4 Å². The predicted octanol–water partition coefficient (Wildman–Crippen LogP) is 2.57. The van der Waals surface area contributed by atoms with E-state index in [1.807, 2.05) is 14.1 Å². The number of carbonyl (C=O) groups excluding carboxylic acids is 3. The van der Waals surface area contributed by atoms with Crippen LogP contribution in [0, 0.1) is 11.8 Å². The Bertz CT molecular complexity index is 303. The molecule has 0 aromatic heterocycles. The molecule has 0 aliphatic heterocycles. The molecule has 136 valence electrons. The summed E-state index contributed by atoms with van der Waals surface area (Å²) in [4.78, 5) is 34.5. The van der Waals surface area contributed by atoms with Crippen LogP contribution in [-0.4, -0.2) is 44.9 Å². The summed E-state index contributed by atoms with van der Waals surface area (Å²) in [5.74, 6) is 1.59. The highest BCUT2D eigenvalue weighted by molar-refractivity contribution is 5.77. The van der Waals surface area contributed by atoms with Crippen LogP contribution >= 0.6 is 0 Å². The molecule has 0 atom stereocenters. The second kappa shape index (κ2) is 16.9. The van der Waals surface area contributed by atoms with E-state index in [1.165, 1.54) is 39.2 Å². The van der Waals surface area contributed by atoms with Gasteiger partial charge in [0.25, 0.3) is 5.91 Å². The minimum absolute atomic E-state index is 0.0633. The lowest BCUT2D eigenvalue weighted by atomic mass is 9.82. The number of rotatable bonds is 6. The molecule has 0 saturated heterocycles.